The van der Waals surface area contributed by atoms with Gasteiger partial charge in [-0.2, -0.15) is 35.1 Å². The van der Waals surface area contributed by atoms with E-state index in [-0.39, 0.29) is 39.6 Å². The highest BCUT2D eigenvalue weighted by molar-refractivity contribution is 7.11. The van der Waals surface area contributed by atoms with Gasteiger partial charge >= 0.3 is 24.1 Å². The van der Waals surface area contributed by atoms with Crippen molar-refractivity contribution in [2.24, 2.45) is 0 Å². The molecule has 0 spiro atoms. The smallest absolute Gasteiger partial charge is 0.433 e. The quantitative estimate of drug-likeness (QED) is 0.149. The largest absolute Gasteiger partial charge is 0.490 e. The van der Waals surface area contributed by atoms with Crippen LogP contribution in [-0.4, -0.2) is 97.1 Å². The lowest BCUT2D eigenvalue weighted by molar-refractivity contribution is -0.376. The number of aliphatic hydroxyl groups is 5. The van der Waals surface area contributed by atoms with Crippen LogP contribution in [0.15, 0.2) is 42.7 Å². The van der Waals surface area contributed by atoms with E-state index in [1.54, 1.807) is 0 Å². The number of ether oxygens (including phenoxy) is 3. The number of hydrogen-bond donors (Lipinski definition) is 6. The number of benzene rings is 1. The van der Waals surface area contributed by atoms with Crippen LogP contribution in [0.5, 0.6) is 11.6 Å². The fourth-order valence-electron chi connectivity index (χ4n) is 5.40. The van der Waals surface area contributed by atoms with Gasteiger partial charge in [0, 0.05) is 36.2 Å². The molecule has 0 bridgehead atoms. The number of nitrogens with one attached hydrogen (secondary N) is 1. The molecule has 1 aliphatic heterocycles. The minimum absolute atomic E-state index is 0.0538. The fraction of sp³-hybridized carbons (Fsp3) is 0.516. The molecule has 12 nitrogen and oxygen atoms in total. The zero-order chi connectivity index (χ0) is 38.4. The van der Waals surface area contributed by atoms with Gasteiger partial charge in [-0.1, -0.05) is 12.1 Å². The molecule has 286 valence electrons. The first-order valence-electron chi connectivity index (χ1n) is 15.4. The Morgan fingerprint density at radius 3 is 2.19 bits per heavy atom. The molecule has 0 radical (unpaired) electrons. The molecule has 2 aliphatic rings. The number of aliphatic hydroxyl groups excluding tert-OH is 3. The predicted molar refractivity (Wildman–Crippen MR) is 160 cm³/mol. The minimum atomic E-state index is -6.22. The molecule has 1 saturated heterocycles. The number of aromatic nitrogens is 2. The standard InChI is InChI=1S/C31H31F8N3O9S/c1-13(44)42-23-25(46)24(45)20(12-43)50-26(23)51-22-7-2-14(10-40-22)8-17(15-3-6-18(29(32,33)48)19(9-15)49-16-4-5-16)21-11-41-27(52-21)28(47,30(34,35)36)31(37,38)39/h2-3,6-7,9-11,16-17,20,23-26,43,45-48H,4-5,8,12H2,1H3,(H,42,44)/t17-,20?,23+,24+,25?,26-/m0/s1. The second kappa shape index (κ2) is 14.6. The van der Waals surface area contributed by atoms with E-state index in [2.05, 4.69) is 15.3 Å². The van der Waals surface area contributed by atoms with E-state index in [1.165, 1.54) is 18.3 Å². The number of halogens is 8. The summed E-state index contributed by atoms with van der Waals surface area (Å²) >= 11 is -0.108. The third-order valence-electron chi connectivity index (χ3n) is 8.27. The first-order chi connectivity index (χ1) is 24.1. The normalized spacial score (nSPS) is 23.6. The number of thiazole rings is 1. The van der Waals surface area contributed by atoms with Crippen molar-refractivity contribution in [1.29, 1.82) is 0 Å². The highest BCUT2D eigenvalue weighted by atomic mass is 32.1. The topological polar surface area (TPSA) is 184 Å². The van der Waals surface area contributed by atoms with Gasteiger partial charge in [0.15, 0.2) is 0 Å². The van der Waals surface area contributed by atoms with Crippen LogP contribution in [0.1, 0.15) is 52.3 Å². The number of rotatable bonds is 12. The van der Waals surface area contributed by atoms with E-state index < -0.39 is 95.6 Å². The average molecular weight is 774 g/mol. The first kappa shape index (κ1) is 39.5. The highest BCUT2D eigenvalue weighted by Gasteiger charge is 2.73. The molecular formula is C31H31F8N3O9S. The Balaban J connectivity index is 1.50. The molecular weight excluding hydrogens is 742 g/mol. The van der Waals surface area contributed by atoms with Crippen LogP contribution in [-0.2, 0) is 27.7 Å². The Kier molecular flexibility index (Phi) is 11.1. The van der Waals surface area contributed by atoms with Crippen molar-refractivity contribution in [3.63, 3.8) is 0 Å². The average Bonchev–Trinajstić information content (AvgIpc) is 3.73. The molecule has 6 N–H and O–H groups in total. The lowest BCUT2D eigenvalue weighted by atomic mass is 9.90. The maximum absolute atomic E-state index is 14.1. The zero-order valence-corrected chi connectivity index (χ0v) is 27.4. The second-order valence-corrected chi connectivity index (χ2v) is 13.3. The molecule has 2 unspecified atom stereocenters. The summed E-state index contributed by atoms with van der Waals surface area (Å²) in [4.78, 5) is 18.9. The van der Waals surface area contributed by atoms with Crippen LogP contribution in [0.2, 0.25) is 0 Å². The summed E-state index contributed by atoms with van der Waals surface area (Å²) in [5, 5.41) is 50.3. The molecule has 1 saturated carbocycles. The summed E-state index contributed by atoms with van der Waals surface area (Å²) in [5.74, 6) is -2.49. The van der Waals surface area contributed by atoms with Crippen LogP contribution in [0.4, 0.5) is 35.1 Å². The van der Waals surface area contributed by atoms with E-state index in [9.17, 15) is 65.5 Å². The zero-order valence-electron chi connectivity index (χ0n) is 26.6. The fourth-order valence-corrected chi connectivity index (χ4v) is 6.57. The van der Waals surface area contributed by atoms with Gasteiger partial charge in [-0.15, -0.1) is 11.3 Å². The summed E-state index contributed by atoms with van der Waals surface area (Å²) in [6.45, 7) is 0.395. The summed E-state index contributed by atoms with van der Waals surface area (Å²) in [7, 11) is 0. The van der Waals surface area contributed by atoms with E-state index in [0.29, 0.717) is 19.0 Å². The summed E-state index contributed by atoms with van der Waals surface area (Å²) in [5.41, 5.74) is -5.94. The summed E-state index contributed by atoms with van der Waals surface area (Å²) in [6, 6.07) is 4.27. The number of carbonyl (C=O) groups is 1. The van der Waals surface area contributed by atoms with Crippen molar-refractivity contribution in [3.05, 3.63) is 69.3 Å². The molecule has 2 aromatic heterocycles. The molecule has 21 heteroatoms. The highest BCUT2D eigenvalue weighted by Crippen LogP contribution is 2.52. The van der Waals surface area contributed by atoms with Crippen LogP contribution >= 0.6 is 11.3 Å². The Hall–Kier alpha value is -3.73. The van der Waals surface area contributed by atoms with Gasteiger partial charge in [-0.3, -0.25) is 4.79 Å². The van der Waals surface area contributed by atoms with Crippen LogP contribution in [0, 0.1) is 0 Å². The maximum atomic E-state index is 14.1. The number of alkyl halides is 8. The second-order valence-electron chi connectivity index (χ2n) is 12.2. The molecule has 3 aromatic rings. The number of carbonyl (C=O) groups excluding carboxylic acids is 1. The molecule has 52 heavy (non-hydrogen) atoms. The van der Waals surface area contributed by atoms with E-state index in [1.807, 2.05) is 0 Å². The predicted octanol–water partition coefficient (Wildman–Crippen LogP) is 3.13. The SMILES string of the molecule is CC(=O)N[C@@H]1C(O)[C@H](O)C(CO)O[C@H]1Oc1ccc(C[C@@H](c2ccc(C(O)(F)F)c(OC3CC3)c2)c2cnc(C(O)(C(F)(F)F)C(F)(F)F)s2)cn1. The van der Waals surface area contributed by atoms with Crippen LogP contribution in [0.25, 0.3) is 0 Å². The van der Waals surface area contributed by atoms with Crippen LogP contribution < -0.4 is 14.8 Å². The number of nitrogens with zero attached hydrogens (tertiary/aromatic N) is 2. The molecule has 5 rings (SSSR count). The van der Waals surface area contributed by atoms with Crippen LogP contribution in [0.3, 0.4) is 0 Å². The van der Waals surface area contributed by atoms with Gasteiger partial charge < -0.3 is 45.1 Å². The van der Waals surface area contributed by atoms with Crippen molar-refractivity contribution < 1.29 is 79.7 Å². The molecule has 1 amide bonds. The van der Waals surface area contributed by atoms with Crippen molar-refractivity contribution in [2.45, 2.75) is 92.9 Å². The van der Waals surface area contributed by atoms with E-state index >= 15 is 0 Å². The number of pyridine rings is 1. The molecule has 6 atom stereocenters. The third kappa shape index (κ3) is 8.24. The Morgan fingerprint density at radius 1 is 0.981 bits per heavy atom. The van der Waals surface area contributed by atoms with Crippen molar-refractivity contribution in [1.82, 2.24) is 15.3 Å². The molecule has 1 aliphatic carbocycles. The van der Waals surface area contributed by atoms with E-state index in [4.69, 9.17) is 14.2 Å². The van der Waals surface area contributed by atoms with Crippen molar-refractivity contribution in [3.8, 4) is 11.6 Å². The maximum Gasteiger partial charge on any atom is 0.433 e. The number of hydrogen-bond acceptors (Lipinski definition) is 12. The van der Waals surface area contributed by atoms with Crippen molar-refractivity contribution in [2.75, 3.05) is 6.61 Å². The van der Waals surface area contributed by atoms with Gasteiger partial charge in [0.05, 0.1) is 18.3 Å². The first-order valence-corrected chi connectivity index (χ1v) is 16.2. The Morgan fingerprint density at radius 2 is 1.65 bits per heavy atom. The van der Waals surface area contributed by atoms with Gasteiger partial charge in [0.25, 0.3) is 0 Å². The summed E-state index contributed by atoms with van der Waals surface area (Å²) in [6.07, 6.45) is -20.7. The molecule has 1 aromatic carbocycles. The molecule has 3 heterocycles. The number of amides is 1. The third-order valence-corrected chi connectivity index (χ3v) is 9.49. The van der Waals surface area contributed by atoms with Gasteiger partial charge in [-0.25, -0.2) is 9.97 Å². The van der Waals surface area contributed by atoms with Gasteiger partial charge in [0.1, 0.15) is 35.1 Å². The van der Waals surface area contributed by atoms with Crippen molar-refractivity contribution >= 4 is 17.2 Å². The van der Waals surface area contributed by atoms with Gasteiger partial charge in [0.2, 0.25) is 18.1 Å². The summed E-state index contributed by atoms with van der Waals surface area (Å²) < 4.78 is 127. The monoisotopic (exact) mass is 773 g/mol. The lowest BCUT2D eigenvalue weighted by Crippen LogP contribution is -2.65. The minimum Gasteiger partial charge on any atom is -0.490 e. The Bertz CT molecular complexity index is 1700. The lowest BCUT2D eigenvalue weighted by Gasteiger charge is -2.41. The van der Waals surface area contributed by atoms with Gasteiger partial charge in [-0.05, 0) is 42.5 Å². The molecule has 2 fully saturated rings. The van der Waals surface area contributed by atoms with E-state index in [0.717, 1.165) is 25.1 Å². The Labute approximate surface area is 292 Å².